The van der Waals surface area contributed by atoms with Gasteiger partial charge in [0.2, 0.25) is 0 Å². The van der Waals surface area contributed by atoms with Crippen LogP contribution in [0.25, 0.3) is 0 Å². The standard InChI is InChI=1S/C30H40O3/c1-3-28(31)24-20-16-12-8-5-6-9-14-18-22-26-30(33)27-23-19-15-11-7-10-13-17-21-25-29(32)4-2/h1-2,20-22,24-26,28-33H,5-13,15-17,27H2. The minimum Gasteiger partial charge on any atom is -0.388 e. The number of rotatable bonds is 16. The third kappa shape index (κ3) is 23.8. The molecule has 0 fully saturated rings. The van der Waals surface area contributed by atoms with Gasteiger partial charge in [0, 0.05) is 19.3 Å². The zero-order chi connectivity index (χ0) is 24.4. The molecule has 0 aliphatic rings. The number of allylic oxidation sites excluding steroid dienone is 3. The van der Waals surface area contributed by atoms with E-state index in [2.05, 4.69) is 35.5 Å². The number of aliphatic hydroxyl groups is 3. The Morgan fingerprint density at radius 2 is 1.12 bits per heavy atom. The molecule has 0 spiro atoms. The predicted molar refractivity (Wildman–Crippen MR) is 139 cm³/mol. The first kappa shape index (κ1) is 30.3. The number of aliphatic hydroxyl groups excluding tert-OH is 3. The summed E-state index contributed by atoms with van der Waals surface area (Å²) in [5, 5.41) is 28.3. The van der Waals surface area contributed by atoms with Crippen LogP contribution in [0.4, 0.5) is 0 Å². The van der Waals surface area contributed by atoms with E-state index in [9.17, 15) is 15.3 Å². The average Bonchev–Trinajstić information content (AvgIpc) is 2.82. The van der Waals surface area contributed by atoms with Gasteiger partial charge < -0.3 is 15.3 Å². The second-order valence-electron chi connectivity index (χ2n) is 7.79. The molecule has 0 aliphatic heterocycles. The molecule has 0 bridgehead atoms. The Balaban J connectivity index is 3.62. The molecule has 0 radical (unpaired) electrons. The average molecular weight is 449 g/mol. The molecule has 0 aromatic rings. The Hall–Kier alpha value is -2.66. The SMILES string of the molecule is C#CC(O)C=CCCCCCCC#CC=CC(O)CC#CCCCCCCC=CC(O)C#C. The van der Waals surface area contributed by atoms with Crippen LogP contribution >= 0.6 is 0 Å². The molecule has 0 aromatic heterocycles. The van der Waals surface area contributed by atoms with E-state index in [0.29, 0.717) is 6.42 Å². The maximum Gasteiger partial charge on any atom is 0.133 e. The van der Waals surface area contributed by atoms with Gasteiger partial charge in [0.05, 0.1) is 6.10 Å². The highest BCUT2D eigenvalue weighted by molar-refractivity contribution is 5.17. The summed E-state index contributed by atoms with van der Waals surface area (Å²) in [6, 6.07) is 0. The molecule has 3 N–H and O–H groups in total. The van der Waals surface area contributed by atoms with Crippen molar-refractivity contribution < 1.29 is 15.3 Å². The van der Waals surface area contributed by atoms with Crippen molar-refractivity contribution in [3.63, 3.8) is 0 Å². The molecule has 3 unspecified atom stereocenters. The Bertz CT molecular complexity index is 768. The number of unbranched alkanes of at least 4 members (excludes halogenated alkanes) is 10. The zero-order valence-corrected chi connectivity index (χ0v) is 19.9. The lowest BCUT2D eigenvalue weighted by Gasteiger charge is -1.98. The second-order valence-corrected chi connectivity index (χ2v) is 7.79. The minimum absolute atomic E-state index is 0.438. The monoisotopic (exact) mass is 448 g/mol. The first-order valence-electron chi connectivity index (χ1n) is 12.0. The summed E-state index contributed by atoms with van der Waals surface area (Å²) in [6.45, 7) is 0. The van der Waals surface area contributed by atoms with Gasteiger partial charge in [-0.2, -0.15) is 0 Å². The highest BCUT2D eigenvalue weighted by atomic mass is 16.3. The molecule has 3 heteroatoms. The second kappa shape index (κ2) is 24.0. The van der Waals surface area contributed by atoms with E-state index in [0.717, 1.165) is 77.0 Å². The summed E-state index contributed by atoms with van der Waals surface area (Å²) >= 11 is 0. The van der Waals surface area contributed by atoms with Crippen LogP contribution in [0, 0.1) is 48.4 Å². The Kier molecular flexibility index (Phi) is 22.1. The molecule has 0 aromatic carbocycles. The Morgan fingerprint density at radius 3 is 1.67 bits per heavy atom. The normalized spacial score (nSPS) is 13.6. The molecule has 3 nitrogen and oxygen atoms in total. The van der Waals surface area contributed by atoms with Gasteiger partial charge in [0.15, 0.2) is 0 Å². The van der Waals surface area contributed by atoms with Crippen LogP contribution in [-0.2, 0) is 0 Å². The highest BCUT2D eigenvalue weighted by Crippen LogP contribution is 2.07. The molecule has 3 atom stereocenters. The Morgan fingerprint density at radius 1 is 0.606 bits per heavy atom. The quantitative estimate of drug-likeness (QED) is 0.175. The summed E-state index contributed by atoms with van der Waals surface area (Å²) in [6.07, 6.45) is 31.5. The smallest absolute Gasteiger partial charge is 0.133 e. The summed E-state index contributed by atoms with van der Waals surface area (Å²) in [4.78, 5) is 0. The fraction of sp³-hybridized carbons (Fsp3) is 0.533. The molecule has 0 amide bonds. The van der Waals surface area contributed by atoms with E-state index in [1.807, 2.05) is 12.2 Å². The van der Waals surface area contributed by atoms with Crippen molar-refractivity contribution in [2.24, 2.45) is 0 Å². The topological polar surface area (TPSA) is 60.7 Å². The van der Waals surface area contributed by atoms with Crippen molar-refractivity contribution in [1.82, 2.24) is 0 Å². The predicted octanol–water partition coefficient (Wildman–Crippen LogP) is 5.08. The van der Waals surface area contributed by atoms with Crippen molar-refractivity contribution in [1.29, 1.82) is 0 Å². The first-order valence-corrected chi connectivity index (χ1v) is 12.0. The summed E-state index contributed by atoms with van der Waals surface area (Å²) in [5.41, 5.74) is 0. The van der Waals surface area contributed by atoms with E-state index >= 15 is 0 Å². The van der Waals surface area contributed by atoms with Gasteiger partial charge in [0.1, 0.15) is 12.2 Å². The van der Waals surface area contributed by atoms with Gasteiger partial charge in [-0.05, 0) is 62.8 Å². The fourth-order valence-corrected chi connectivity index (χ4v) is 2.84. The number of hydrogen-bond acceptors (Lipinski definition) is 3. The molecule has 0 heterocycles. The van der Waals surface area contributed by atoms with E-state index in [4.69, 9.17) is 12.8 Å². The van der Waals surface area contributed by atoms with E-state index in [1.54, 1.807) is 24.3 Å². The molecule has 0 saturated carbocycles. The van der Waals surface area contributed by atoms with Crippen LogP contribution in [0.5, 0.6) is 0 Å². The van der Waals surface area contributed by atoms with Crippen LogP contribution in [0.3, 0.4) is 0 Å². The molecular formula is C30H40O3. The highest BCUT2D eigenvalue weighted by Gasteiger charge is 1.94. The van der Waals surface area contributed by atoms with Crippen molar-refractivity contribution in [3.8, 4) is 48.4 Å². The van der Waals surface area contributed by atoms with Crippen LogP contribution in [0.2, 0.25) is 0 Å². The van der Waals surface area contributed by atoms with Crippen molar-refractivity contribution in [2.75, 3.05) is 0 Å². The van der Waals surface area contributed by atoms with Crippen molar-refractivity contribution in [2.45, 2.75) is 102 Å². The molecule has 33 heavy (non-hydrogen) atoms. The lowest BCUT2D eigenvalue weighted by Crippen LogP contribution is -1.99. The maximum absolute atomic E-state index is 9.90. The van der Waals surface area contributed by atoms with Crippen LogP contribution < -0.4 is 0 Å². The molecule has 0 aliphatic carbocycles. The molecule has 178 valence electrons. The van der Waals surface area contributed by atoms with Gasteiger partial charge in [0.25, 0.3) is 0 Å². The van der Waals surface area contributed by atoms with Crippen LogP contribution in [0.1, 0.15) is 83.5 Å². The van der Waals surface area contributed by atoms with Crippen molar-refractivity contribution >= 4 is 0 Å². The lowest BCUT2D eigenvalue weighted by molar-refractivity contribution is 0.229. The lowest BCUT2D eigenvalue weighted by atomic mass is 10.1. The number of hydrogen-bond donors (Lipinski definition) is 3. The van der Waals surface area contributed by atoms with Gasteiger partial charge in [-0.1, -0.05) is 61.5 Å². The number of terminal acetylenes is 2. The van der Waals surface area contributed by atoms with Crippen LogP contribution in [0.15, 0.2) is 36.5 Å². The summed E-state index contributed by atoms with van der Waals surface area (Å²) in [7, 11) is 0. The molecule has 0 saturated heterocycles. The fourth-order valence-electron chi connectivity index (χ4n) is 2.84. The largest absolute Gasteiger partial charge is 0.388 e. The van der Waals surface area contributed by atoms with Gasteiger partial charge in [-0.15, -0.1) is 24.7 Å². The maximum atomic E-state index is 9.90. The third-order valence-electron chi connectivity index (χ3n) is 4.76. The van der Waals surface area contributed by atoms with Crippen molar-refractivity contribution in [3.05, 3.63) is 36.5 Å². The Labute approximate surface area is 202 Å². The molecular weight excluding hydrogens is 408 g/mol. The van der Waals surface area contributed by atoms with Gasteiger partial charge >= 0.3 is 0 Å². The summed E-state index contributed by atoms with van der Waals surface area (Å²) in [5.74, 6) is 16.7. The van der Waals surface area contributed by atoms with Crippen LogP contribution in [-0.4, -0.2) is 33.6 Å². The zero-order valence-electron chi connectivity index (χ0n) is 19.9. The van der Waals surface area contributed by atoms with E-state index in [-0.39, 0.29) is 0 Å². The summed E-state index contributed by atoms with van der Waals surface area (Å²) < 4.78 is 0. The van der Waals surface area contributed by atoms with Gasteiger partial charge in [-0.25, -0.2) is 0 Å². The third-order valence-corrected chi connectivity index (χ3v) is 4.76. The molecule has 0 rings (SSSR count). The van der Waals surface area contributed by atoms with Gasteiger partial charge in [-0.3, -0.25) is 0 Å². The van der Waals surface area contributed by atoms with E-state index < -0.39 is 18.3 Å². The minimum atomic E-state index is -0.769. The first-order chi connectivity index (χ1) is 16.1. The van der Waals surface area contributed by atoms with E-state index in [1.165, 1.54) is 0 Å².